The van der Waals surface area contributed by atoms with Gasteiger partial charge in [-0.15, -0.1) is 23.7 Å². The van der Waals surface area contributed by atoms with Crippen LogP contribution in [-0.2, 0) is 11.2 Å². The van der Waals surface area contributed by atoms with E-state index in [-0.39, 0.29) is 12.4 Å². The maximum atomic E-state index is 10.9. The lowest BCUT2D eigenvalue weighted by Gasteiger charge is -2.08. The first-order valence-electron chi connectivity index (χ1n) is 8.27. The van der Waals surface area contributed by atoms with Gasteiger partial charge in [-0.3, -0.25) is 4.79 Å². The van der Waals surface area contributed by atoms with E-state index in [9.17, 15) is 4.79 Å². The second-order valence-corrected chi connectivity index (χ2v) is 6.98. The third kappa shape index (κ3) is 4.81. The second kappa shape index (κ2) is 9.54. The molecule has 1 heterocycles. The summed E-state index contributed by atoms with van der Waals surface area (Å²) in [6.45, 7) is 0. The van der Waals surface area contributed by atoms with Crippen LogP contribution in [0.5, 0.6) is 11.5 Å². The van der Waals surface area contributed by atoms with Crippen LogP contribution in [0.1, 0.15) is 5.56 Å². The third-order valence-electron chi connectivity index (χ3n) is 4.15. The molecule has 0 fully saturated rings. The summed E-state index contributed by atoms with van der Waals surface area (Å²) in [5.41, 5.74) is 8.43. The highest BCUT2D eigenvalue weighted by Crippen LogP contribution is 2.36. The van der Waals surface area contributed by atoms with Crippen LogP contribution in [0.15, 0.2) is 48.7 Å². The van der Waals surface area contributed by atoms with E-state index in [0.29, 0.717) is 17.9 Å². The molecule has 0 spiro atoms. The zero-order chi connectivity index (χ0) is 19.4. The minimum Gasteiger partial charge on any atom is -0.493 e. The van der Waals surface area contributed by atoms with Gasteiger partial charge in [0.1, 0.15) is 11.0 Å². The Bertz CT molecular complexity index is 944. The minimum absolute atomic E-state index is 0. The summed E-state index contributed by atoms with van der Waals surface area (Å²) >= 11 is 1.57. The van der Waals surface area contributed by atoms with Gasteiger partial charge in [-0.05, 0) is 35.7 Å². The average Bonchev–Trinajstić information content (AvgIpc) is 3.18. The zero-order valence-electron chi connectivity index (χ0n) is 15.4. The molecule has 148 valence electrons. The van der Waals surface area contributed by atoms with Gasteiger partial charge in [0, 0.05) is 11.8 Å². The van der Waals surface area contributed by atoms with Crippen molar-refractivity contribution in [2.75, 3.05) is 14.2 Å². The van der Waals surface area contributed by atoms with Crippen molar-refractivity contribution >= 4 is 29.7 Å². The largest absolute Gasteiger partial charge is 0.493 e. The third-order valence-corrected chi connectivity index (χ3v) is 5.24. The first kappa shape index (κ1) is 21.7. The molecule has 0 amide bonds. The summed E-state index contributed by atoms with van der Waals surface area (Å²) in [6.07, 6.45) is 2.12. The van der Waals surface area contributed by atoms with Crippen LogP contribution in [0.4, 0.5) is 0 Å². The molecule has 0 aliphatic carbocycles. The van der Waals surface area contributed by atoms with Gasteiger partial charge in [0.15, 0.2) is 11.5 Å². The van der Waals surface area contributed by atoms with E-state index < -0.39 is 12.0 Å². The average molecular weight is 421 g/mol. The number of rotatable bonds is 7. The van der Waals surface area contributed by atoms with Gasteiger partial charge in [0.25, 0.3) is 0 Å². The molecule has 0 saturated carbocycles. The molecule has 0 radical (unpaired) electrons. The van der Waals surface area contributed by atoms with Crippen molar-refractivity contribution < 1.29 is 19.4 Å². The second-order valence-electron chi connectivity index (χ2n) is 5.95. The summed E-state index contributed by atoms with van der Waals surface area (Å²) in [7, 11) is 3.22. The number of hydrogen-bond donors (Lipinski definition) is 2. The van der Waals surface area contributed by atoms with Gasteiger partial charge in [-0.2, -0.15) is 0 Å². The Balaban J connectivity index is 0.00000280. The molecule has 0 saturated heterocycles. The van der Waals surface area contributed by atoms with Crippen LogP contribution in [0.25, 0.3) is 21.0 Å². The highest BCUT2D eigenvalue weighted by molar-refractivity contribution is 7.18. The molecule has 0 unspecified atom stereocenters. The van der Waals surface area contributed by atoms with E-state index in [1.165, 1.54) is 0 Å². The fourth-order valence-electron chi connectivity index (χ4n) is 2.66. The van der Waals surface area contributed by atoms with Gasteiger partial charge in [-0.1, -0.05) is 24.3 Å². The van der Waals surface area contributed by atoms with Crippen LogP contribution in [-0.4, -0.2) is 36.3 Å². The molecule has 28 heavy (non-hydrogen) atoms. The number of halogens is 1. The number of thiazole rings is 1. The Labute approximate surface area is 173 Å². The summed E-state index contributed by atoms with van der Waals surface area (Å²) in [4.78, 5) is 16.4. The molecule has 3 N–H and O–H groups in total. The van der Waals surface area contributed by atoms with Crippen LogP contribution in [0, 0.1) is 0 Å². The van der Waals surface area contributed by atoms with Crippen LogP contribution in [0.3, 0.4) is 0 Å². The molecule has 1 aromatic heterocycles. The molecule has 8 heteroatoms. The van der Waals surface area contributed by atoms with Crippen LogP contribution >= 0.6 is 23.7 Å². The van der Waals surface area contributed by atoms with Crippen LogP contribution in [0.2, 0.25) is 0 Å². The zero-order valence-corrected chi connectivity index (χ0v) is 17.0. The maximum Gasteiger partial charge on any atom is 0.320 e. The van der Waals surface area contributed by atoms with Gasteiger partial charge in [-0.25, -0.2) is 4.98 Å². The number of nitrogens with zero attached hydrogens (tertiary/aromatic N) is 1. The first-order valence-corrected chi connectivity index (χ1v) is 9.09. The highest BCUT2D eigenvalue weighted by Gasteiger charge is 2.13. The molecule has 3 aromatic rings. The molecule has 1 atom stereocenters. The predicted molar refractivity (Wildman–Crippen MR) is 113 cm³/mol. The van der Waals surface area contributed by atoms with E-state index in [1.807, 2.05) is 48.7 Å². The Morgan fingerprint density at radius 2 is 1.75 bits per heavy atom. The molecular formula is C20H21ClN2O4S. The number of methoxy groups -OCH3 is 2. The van der Waals surface area contributed by atoms with Crippen molar-refractivity contribution in [3.05, 3.63) is 54.2 Å². The maximum absolute atomic E-state index is 10.9. The van der Waals surface area contributed by atoms with Crippen molar-refractivity contribution in [3.8, 4) is 32.5 Å². The van der Waals surface area contributed by atoms with Crippen molar-refractivity contribution in [1.82, 2.24) is 4.98 Å². The first-order chi connectivity index (χ1) is 13.0. The smallest absolute Gasteiger partial charge is 0.320 e. The number of aliphatic carboxylic acids is 1. The molecular weight excluding hydrogens is 400 g/mol. The number of carboxylic acid groups (broad SMARTS) is 1. The normalized spacial score (nSPS) is 11.4. The number of benzene rings is 2. The van der Waals surface area contributed by atoms with Gasteiger partial charge in [0.05, 0.1) is 19.1 Å². The molecule has 0 bridgehead atoms. The Morgan fingerprint density at radius 3 is 2.36 bits per heavy atom. The SMILES string of the molecule is COc1ccc(-c2cnc(-c3ccc(C[C@H](N)C(=O)O)cc3)s2)cc1OC.Cl. The van der Waals surface area contributed by atoms with Gasteiger partial charge < -0.3 is 20.3 Å². The van der Waals surface area contributed by atoms with Crippen LogP contribution < -0.4 is 15.2 Å². The topological polar surface area (TPSA) is 94.7 Å². The number of hydrogen-bond acceptors (Lipinski definition) is 6. The summed E-state index contributed by atoms with van der Waals surface area (Å²) in [5.74, 6) is 0.351. The Morgan fingerprint density at radius 1 is 1.11 bits per heavy atom. The quantitative estimate of drug-likeness (QED) is 0.602. The predicted octanol–water partition coefficient (Wildman–Crippen LogP) is 3.87. The van der Waals surface area contributed by atoms with Crippen molar-refractivity contribution in [1.29, 1.82) is 0 Å². The highest BCUT2D eigenvalue weighted by atomic mass is 35.5. The molecule has 2 aromatic carbocycles. The summed E-state index contributed by atoms with van der Waals surface area (Å²) in [5, 5.41) is 9.79. The number of nitrogens with two attached hydrogens (primary N) is 1. The van der Waals surface area contributed by atoms with Gasteiger partial charge >= 0.3 is 5.97 Å². The van der Waals surface area contributed by atoms with Gasteiger partial charge in [0.2, 0.25) is 0 Å². The minimum atomic E-state index is -1.00. The number of ether oxygens (including phenoxy) is 2. The molecule has 3 rings (SSSR count). The van der Waals surface area contributed by atoms with E-state index in [0.717, 1.165) is 26.6 Å². The molecule has 0 aliphatic heterocycles. The number of aromatic nitrogens is 1. The molecule has 6 nitrogen and oxygen atoms in total. The van der Waals surface area contributed by atoms with E-state index in [1.54, 1.807) is 25.6 Å². The van der Waals surface area contributed by atoms with E-state index >= 15 is 0 Å². The fourth-order valence-corrected chi connectivity index (χ4v) is 3.57. The van der Waals surface area contributed by atoms with E-state index in [4.69, 9.17) is 20.3 Å². The lowest BCUT2D eigenvalue weighted by molar-refractivity contribution is -0.138. The van der Waals surface area contributed by atoms with Crippen molar-refractivity contribution in [2.24, 2.45) is 5.73 Å². The van der Waals surface area contributed by atoms with Crippen molar-refractivity contribution in [2.45, 2.75) is 12.5 Å². The summed E-state index contributed by atoms with van der Waals surface area (Å²) < 4.78 is 10.6. The standard InChI is InChI=1S/C20H20N2O4S.ClH/c1-25-16-8-7-14(10-17(16)26-2)18-11-22-19(27-18)13-5-3-12(4-6-13)9-15(21)20(23)24;/h3-8,10-11,15H,9,21H2,1-2H3,(H,23,24);1H/t15-;/m0./s1. The lowest BCUT2D eigenvalue weighted by Crippen LogP contribution is -2.32. The lowest BCUT2D eigenvalue weighted by atomic mass is 10.1. The van der Waals surface area contributed by atoms with Crippen molar-refractivity contribution in [3.63, 3.8) is 0 Å². The number of carbonyl (C=O) groups is 1. The summed E-state index contributed by atoms with van der Waals surface area (Å²) in [6, 6.07) is 12.5. The fraction of sp³-hybridized carbons (Fsp3) is 0.200. The Hall–Kier alpha value is -2.61. The monoisotopic (exact) mass is 420 g/mol. The van der Waals surface area contributed by atoms with E-state index in [2.05, 4.69) is 4.98 Å². The Kier molecular flexibility index (Phi) is 7.39. The molecule has 0 aliphatic rings. The number of carboxylic acids is 1.